The zero-order valence-electron chi connectivity index (χ0n) is 19.3. The Balaban J connectivity index is 1.21. The first-order valence-electron chi connectivity index (χ1n) is 11.9. The van der Waals surface area contributed by atoms with Crippen LogP contribution in [0.5, 0.6) is 0 Å². The number of ether oxygens (including phenoxy) is 1. The highest BCUT2D eigenvalue weighted by Gasteiger charge is 2.59. The number of piperidine rings is 1. The van der Waals surface area contributed by atoms with Gasteiger partial charge in [-0.15, -0.1) is 0 Å². The summed E-state index contributed by atoms with van der Waals surface area (Å²) < 4.78 is 33.9. The van der Waals surface area contributed by atoms with Crippen molar-refractivity contribution in [3.63, 3.8) is 0 Å². The average molecular weight is 505 g/mol. The molecule has 0 radical (unpaired) electrons. The lowest BCUT2D eigenvalue weighted by atomic mass is 9.85. The number of nitrogens with one attached hydrogen (secondary N) is 1. The van der Waals surface area contributed by atoms with E-state index in [1.807, 2.05) is 12.1 Å². The van der Waals surface area contributed by atoms with Crippen molar-refractivity contribution < 1.29 is 18.6 Å². The second kappa shape index (κ2) is 8.33. The molecule has 2 N–H and O–H groups in total. The fourth-order valence-electron chi connectivity index (χ4n) is 5.34. The molecule has 3 aliphatic rings. The van der Waals surface area contributed by atoms with Crippen LogP contribution in [0.25, 0.3) is 10.9 Å². The summed E-state index contributed by atoms with van der Waals surface area (Å²) in [6, 6.07) is 4.59. The Bertz CT molecular complexity index is 1260. The smallest absolute Gasteiger partial charge is 0.272 e. The molecule has 0 spiro atoms. The maximum absolute atomic E-state index is 13.5. The van der Waals surface area contributed by atoms with Gasteiger partial charge in [-0.25, -0.2) is 23.4 Å². The van der Waals surface area contributed by atoms with E-state index in [1.54, 1.807) is 12.3 Å². The summed E-state index contributed by atoms with van der Waals surface area (Å²) in [4.78, 5) is 11.3. The molecule has 6 rings (SSSR count). The number of aliphatic hydroxyl groups is 1. The number of nitrogens with zero attached hydrogens (tertiary/aromatic N) is 5. The minimum atomic E-state index is -2.73. The van der Waals surface area contributed by atoms with Crippen LogP contribution in [0, 0.1) is 0 Å². The molecular weight excluding hydrogens is 478 g/mol. The highest BCUT2D eigenvalue weighted by molar-refractivity contribution is 6.32. The second-order valence-corrected chi connectivity index (χ2v) is 10.4. The summed E-state index contributed by atoms with van der Waals surface area (Å²) in [6.07, 6.45) is 4.30. The number of aliphatic hydroxyl groups excluding tert-OH is 1. The molecule has 3 aromatic rings. The van der Waals surface area contributed by atoms with Gasteiger partial charge < -0.3 is 15.2 Å². The number of benzene rings is 1. The lowest BCUT2D eigenvalue weighted by Gasteiger charge is -2.43. The van der Waals surface area contributed by atoms with E-state index in [2.05, 4.69) is 32.2 Å². The van der Waals surface area contributed by atoms with Gasteiger partial charge in [0.1, 0.15) is 11.9 Å². The third-order valence-electron chi connectivity index (χ3n) is 7.74. The monoisotopic (exact) mass is 504 g/mol. The number of fused-ring (bicyclic) bond motifs is 1. The Hall–Kier alpha value is -2.40. The molecule has 35 heavy (non-hydrogen) atoms. The molecular formula is C24H27ClF2N6O2. The van der Waals surface area contributed by atoms with E-state index in [4.69, 9.17) is 16.3 Å². The summed E-state index contributed by atoms with van der Waals surface area (Å²) in [5.41, 5.74) is 1.43. The van der Waals surface area contributed by atoms with Crippen LogP contribution in [0.2, 0.25) is 5.02 Å². The molecule has 11 heteroatoms. The standard InChI is InChI=1S/C24H27ClF2N6O2/c1-23(13-35-12-20(23)34)32-6-3-14(4-7-32)16-9-18-15(8-17(16)25)11-28-22(30-18)31-21-2-5-29-33(21)19-10-24(19,26)27/h2,5,8-9,11,14,19-20,34H,3-4,6-7,10,12-13H2,1H3,(H,28,30,31)/t19?,20?,23-/m1/s1. The van der Waals surface area contributed by atoms with Gasteiger partial charge in [-0.1, -0.05) is 11.6 Å². The molecule has 1 aromatic carbocycles. The molecule has 0 amide bonds. The van der Waals surface area contributed by atoms with Gasteiger partial charge in [-0.05, 0) is 56.5 Å². The number of rotatable bonds is 5. The van der Waals surface area contributed by atoms with Crippen molar-refractivity contribution in [2.75, 3.05) is 31.6 Å². The maximum Gasteiger partial charge on any atom is 0.272 e. The Morgan fingerprint density at radius 2 is 2.03 bits per heavy atom. The number of likely N-dealkylation sites (tertiary alicyclic amines) is 1. The number of hydrogen-bond acceptors (Lipinski definition) is 7. The van der Waals surface area contributed by atoms with Crippen molar-refractivity contribution in [2.45, 2.75) is 55.7 Å². The van der Waals surface area contributed by atoms with Crippen molar-refractivity contribution in [3.8, 4) is 0 Å². The zero-order valence-corrected chi connectivity index (χ0v) is 20.0. The first-order valence-corrected chi connectivity index (χ1v) is 12.3. The minimum Gasteiger partial charge on any atom is -0.389 e. The van der Waals surface area contributed by atoms with Crippen LogP contribution in [0.15, 0.2) is 30.6 Å². The predicted molar refractivity (Wildman–Crippen MR) is 127 cm³/mol. The van der Waals surface area contributed by atoms with Crippen molar-refractivity contribution in [2.24, 2.45) is 0 Å². The number of aromatic nitrogens is 4. The van der Waals surface area contributed by atoms with Gasteiger partial charge in [-0.3, -0.25) is 4.90 Å². The molecule has 2 saturated heterocycles. The van der Waals surface area contributed by atoms with Crippen molar-refractivity contribution in [3.05, 3.63) is 41.2 Å². The molecule has 186 valence electrons. The normalized spacial score (nSPS) is 29.1. The van der Waals surface area contributed by atoms with Crippen LogP contribution < -0.4 is 5.32 Å². The highest BCUT2D eigenvalue weighted by atomic mass is 35.5. The van der Waals surface area contributed by atoms with E-state index in [-0.39, 0.29) is 17.9 Å². The molecule has 3 fully saturated rings. The van der Waals surface area contributed by atoms with Gasteiger partial charge in [0, 0.05) is 29.1 Å². The van der Waals surface area contributed by atoms with Crippen LogP contribution in [-0.2, 0) is 4.74 Å². The van der Waals surface area contributed by atoms with E-state index in [9.17, 15) is 13.9 Å². The first-order chi connectivity index (χ1) is 16.7. The fraction of sp³-hybridized carbons (Fsp3) is 0.542. The molecule has 2 aromatic heterocycles. The van der Waals surface area contributed by atoms with Crippen molar-refractivity contribution >= 4 is 34.3 Å². The fourth-order valence-corrected chi connectivity index (χ4v) is 5.66. The second-order valence-electron chi connectivity index (χ2n) is 10.0. The van der Waals surface area contributed by atoms with Crippen molar-refractivity contribution in [1.29, 1.82) is 0 Å². The molecule has 2 unspecified atom stereocenters. The van der Waals surface area contributed by atoms with Gasteiger partial charge >= 0.3 is 0 Å². The topological polar surface area (TPSA) is 88.3 Å². The third kappa shape index (κ3) is 4.06. The van der Waals surface area contributed by atoms with Crippen LogP contribution in [-0.4, -0.2) is 73.6 Å². The molecule has 3 atom stereocenters. The van der Waals surface area contributed by atoms with E-state index in [0.29, 0.717) is 30.0 Å². The summed E-state index contributed by atoms with van der Waals surface area (Å²) in [5, 5.41) is 19.0. The van der Waals surface area contributed by atoms with Crippen molar-refractivity contribution in [1.82, 2.24) is 24.6 Å². The minimum absolute atomic E-state index is 0.215. The lowest BCUT2D eigenvalue weighted by Crippen LogP contribution is -2.56. The molecule has 0 bridgehead atoms. The highest BCUT2D eigenvalue weighted by Crippen LogP contribution is 2.53. The van der Waals surface area contributed by atoms with Crippen LogP contribution >= 0.6 is 11.6 Å². The quantitative estimate of drug-likeness (QED) is 0.540. The van der Waals surface area contributed by atoms with Gasteiger partial charge in [0.15, 0.2) is 0 Å². The molecule has 1 saturated carbocycles. The Labute approximate surface area is 206 Å². The van der Waals surface area contributed by atoms with E-state index in [0.717, 1.165) is 42.4 Å². The average Bonchev–Trinajstić information content (AvgIpc) is 3.11. The molecule has 2 aliphatic heterocycles. The Kier molecular flexibility index (Phi) is 5.48. The van der Waals surface area contributed by atoms with Gasteiger partial charge in [0.05, 0.1) is 36.6 Å². The largest absolute Gasteiger partial charge is 0.389 e. The van der Waals surface area contributed by atoms with Gasteiger partial charge in [-0.2, -0.15) is 5.10 Å². The number of hydrogen-bond donors (Lipinski definition) is 2. The summed E-state index contributed by atoms with van der Waals surface area (Å²) in [5.74, 6) is -1.71. The number of halogens is 3. The third-order valence-corrected chi connectivity index (χ3v) is 8.07. The van der Waals surface area contributed by atoms with Crippen LogP contribution in [0.1, 0.15) is 43.7 Å². The summed E-state index contributed by atoms with van der Waals surface area (Å²) >= 11 is 6.67. The van der Waals surface area contributed by atoms with E-state index in [1.165, 1.54) is 10.9 Å². The Morgan fingerprint density at radius 3 is 2.71 bits per heavy atom. The molecule has 1 aliphatic carbocycles. The lowest BCUT2D eigenvalue weighted by molar-refractivity contribution is -0.00211. The van der Waals surface area contributed by atoms with E-state index >= 15 is 0 Å². The van der Waals surface area contributed by atoms with Crippen LogP contribution in [0.4, 0.5) is 20.5 Å². The first kappa shape index (κ1) is 23.0. The predicted octanol–water partition coefficient (Wildman–Crippen LogP) is 4.13. The Morgan fingerprint density at radius 1 is 1.26 bits per heavy atom. The van der Waals surface area contributed by atoms with Crippen LogP contribution in [0.3, 0.4) is 0 Å². The SMILES string of the molecule is C[C@@]1(N2CCC(c3cc4nc(Nc5ccnn5C5CC5(F)F)ncc4cc3Cl)CC2)COCC1O. The van der Waals surface area contributed by atoms with Gasteiger partial charge in [0.25, 0.3) is 5.92 Å². The van der Waals surface area contributed by atoms with E-state index < -0.39 is 18.1 Å². The maximum atomic E-state index is 13.5. The number of anilines is 2. The zero-order chi connectivity index (χ0) is 24.4. The summed E-state index contributed by atoms with van der Waals surface area (Å²) in [7, 11) is 0. The number of alkyl halides is 2. The summed E-state index contributed by atoms with van der Waals surface area (Å²) in [6.45, 7) is 4.69. The molecule has 4 heterocycles. The molecule has 8 nitrogen and oxygen atoms in total. The van der Waals surface area contributed by atoms with Gasteiger partial charge in [0.2, 0.25) is 5.95 Å².